The Kier molecular flexibility index (Phi) is 8.08. The fourth-order valence-electron chi connectivity index (χ4n) is 4.42. The van der Waals surface area contributed by atoms with E-state index in [4.69, 9.17) is 10.5 Å². The van der Waals surface area contributed by atoms with Crippen LogP contribution in [0.15, 0.2) is 43.4 Å². The topological polar surface area (TPSA) is 169 Å². The number of anilines is 4. The van der Waals surface area contributed by atoms with Crippen LogP contribution in [0.2, 0.25) is 0 Å². The van der Waals surface area contributed by atoms with E-state index in [1.54, 1.807) is 37.2 Å². The fraction of sp³-hybridized carbons (Fsp3) is 0.308. The van der Waals surface area contributed by atoms with E-state index in [-0.39, 0.29) is 35.2 Å². The van der Waals surface area contributed by atoms with Gasteiger partial charge in [-0.1, -0.05) is 6.58 Å². The maximum Gasteiger partial charge on any atom is 0.254 e. The zero-order valence-corrected chi connectivity index (χ0v) is 22.0. The molecule has 13 heteroatoms. The van der Waals surface area contributed by atoms with Gasteiger partial charge in [0.05, 0.1) is 30.7 Å². The molecule has 3 amide bonds. The average molecular weight is 534 g/mol. The van der Waals surface area contributed by atoms with E-state index in [1.807, 2.05) is 10.9 Å². The van der Waals surface area contributed by atoms with Crippen LogP contribution >= 0.6 is 0 Å². The Hall–Kier alpha value is -4.94. The summed E-state index contributed by atoms with van der Waals surface area (Å²) in [4.78, 5) is 46.7. The lowest BCUT2D eigenvalue weighted by Gasteiger charge is -2.32. The summed E-state index contributed by atoms with van der Waals surface area (Å²) in [6.45, 7) is 6.61. The van der Waals surface area contributed by atoms with Crippen LogP contribution in [-0.2, 0) is 4.79 Å². The minimum atomic E-state index is -0.716. The molecule has 1 saturated heterocycles. The average Bonchev–Trinajstić information content (AvgIpc) is 3.41. The third-order valence-corrected chi connectivity index (χ3v) is 6.42. The molecule has 0 unspecified atom stereocenters. The highest BCUT2D eigenvalue weighted by molar-refractivity contribution is 5.99. The first-order valence-electron chi connectivity index (χ1n) is 12.3. The maximum absolute atomic E-state index is 12.1. The maximum atomic E-state index is 12.1. The van der Waals surface area contributed by atoms with Gasteiger partial charge in [0.25, 0.3) is 11.8 Å². The number of carbonyl (C=O) groups excluding carboxylic acids is 3. The number of piperidine rings is 1. The molecule has 0 aliphatic carbocycles. The summed E-state index contributed by atoms with van der Waals surface area (Å²) in [6, 6.07) is 3.31. The molecule has 1 atom stereocenters. The Morgan fingerprint density at radius 3 is 2.72 bits per heavy atom. The minimum Gasteiger partial charge on any atom is -0.495 e. The van der Waals surface area contributed by atoms with Gasteiger partial charge in [0.15, 0.2) is 0 Å². The van der Waals surface area contributed by atoms with Crippen molar-refractivity contribution in [2.24, 2.45) is 5.73 Å². The van der Waals surface area contributed by atoms with Crippen LogP contribution in [0.5, 0.6) is 5.75 Å². The van der Waals surface area contributed by atoms with E-state index in [1.165, 1.54) is 19.4 Å². The highest BCUT2D eigenvalue weighted by atomic mass is 16.5. The largest absolute Gasteiger partial charge is 0.495 e. The lowest BCUT2D eigenvalue weighted by Crippen LogP contribution is -2.39. The number of hydrogen-bond acceptors (Lipinski definition) is 9. The Morgan fingerprint density at radius 2 is 2.03 bits per heavy atom. The Balaban J connectivity index is 1.58. The summed E-state index contributed by atoms with van der Waals surface area (Å²) < 4.78 is 7.30. The standard InChI is InChI=1S/C26H31N9O4/c1-5-21(36)34-8-6-7-18(14-34)35-13-17(11-30-35)31-26-29-12-19(23(27)37)24(33-26)32-22-15(2)9-16(25(38)28-3)10-20(22)39-4/h5,9-13,18H,1,6-8,14H2,2-4H3,(H2,27,37)(H,28,38)(H2,29,31,32,33)/t18-/m0/s1. The van der Waals surface area contributed by atoms with Gasteiger partial charge >= 0.3 is 0 Å². The molecule has 39 heavy (non-hydrogen) atoms. The molecule has 0 spiro atoms. The van der Waals surface area contributed by atoms with Crippen LogP contribution in [0.4, 0.5) is 23.1 Å². The predicted molar refractivity (Wildman–Crippen MR) is 146 cm³/mol. The van der Waals surface area contributed by atoms with Gasteiger partial charge in [-0.3, -0.25) is 19.1 Å². The molecule has 1 aromatic carbocycles. The summed E-state index contributed by atoms with van der Waals surface area (Å²) in [7, 11) is 3.02. The summed E-state index contributed by atoms with van der Waals surface area (Å²) >= 11 is 0. The molecule has 204 valence electrons. The molecule has 4 rings (SSSR count). The van der Waals surface area contributed by atoms with E-state index in [0.717, 1.165) is 12.8 Å². The van der Waals surface area contributed by atoms with Crippen LogP contribution in [0, 0.1) is 6.92 Å². The molecule has 2 aromatic heterocycles. The van der Waals surface area contributed by atoms with Crippen molar-refractivity contribution in [2.75, 3.05) is 37.9 Å². The molecule has 0 bridgehead atoms. The van der Waals surface area contributed by atoms with E-state index in [2.05, 4.69) is 37.6 Å². The number of rotatable bonds is 9. The molecule has 1 fully saturated rings. The van der Waals surface area contributed by atoms with Gasteiger partial charge < -0.3 is 31.3 Å². The lowest BCUT2D eigenvalue weighted by molar-refractivity contribution is -0.127. The van der Waals surface area contributed by atoms with Gasteiger partial charge in [-0.05, 0) is 43.5 Å². The number of primary amides is 1. The number of amides is 3. The lowest BCUT2D eigenvalue weighted by atomic mass is 10.1. The normalized spacial score (nSPS) is 14.8. The number of likely N-dealkylation sites (tertiary alicyclic amines) is 1. The number of hydrogen-bond donors (Lipinski definition) is 4. The van der Waals surface area contributed by atoms with Crippen molar-refractivity contribution >= 4 is 40.9 Å². The van der Waals surface area contributed by atoms with Crippen LogP contribution in [0.1, 0.15) is 45.2 Å². The van der Waals surface area contributed by atoms with Crippen molar-refractivity contribution in [2.45, 2.75) is 25.8 Å². The summed E-state index contributed by atoms with van der Waals surface area (Å²) in [5.74, 6) is -0.326. The van der Waals surface area contributed by atoms with Gasteiger partial charge in [0.2, 0.25) is 11.9 Å². The van der Waals surface area contributed by atoms with Crippen molar-refractivity contribution < 1.29 is 19.1 Å². The number of ether oxygens (including phenoxy) is 1. The Bertz CT molecular complexity index is 1420. The zero-order valence-electron chi connectivity index (χ0n) is 22.0. The van der Waals surface area contributed by atoms with Crippen molar-refractivity contribution in [3.05, 3.63) is 60.1 Å². The molecular weight excluding hydrogens is 502 g/mol. The number of nitrogens with one attached hydrogen (secondary N) is 3. The molecule has 3 aromatic rings. The number of aryl methyl sites for hydroxylation is 1. The van der Waals surface area contributed by atoms with Gasteiger partial charge in [0, 0.05) is 38.1 Å². The number of aromatic nitrogens is 4. The summed E-state index contributed by atoms with van der Waals surface area (Å²) in [5.41, 5.74) is 7.90. The quantitative estimate of drug-likeness (QED) is 0.301. The first-order chi connectivity index (χ1) is 18.7. The first-order valence-corrected chi connectivity index (χ1v) is 12.3. The van der Waals surface area contributed by atoms with E-state index < -0.39 is 5.91 Å². The van der Waals surface area contributed by atoms with E-state index >= 15 is 0 Å². The highest BCUT2D eigenvalue weighted by Gasteiger charge is 2.24. The SMILES string of the molecule is C=CC(=O)N1CCC[C@H](n2cc(Nc3ncc(C(N)=O)c(Nc4c(C)cc(C(=O)NC)cc4OC)n3)cn2)C1. The second-order valence-corrected chi connectivity index (χ2v) is 9.01. The third kappa shape index (κ3) is 5.98. The predicted octanol–water partition coefficient (Wildman–Crippen LogP) is 2.29. The van der Waals surface area contributed by atoms with Gasteiger partial charge in [-0.15, -0.1) is 0 Å². The number of benzene rings is 1. The molecule has 0 radical (unpaired) electrons. The van der Waals surface area contributed by atoms with Crippen molar-refractivity contribution in [1.82, 2.24) is 30.0 Å². The van der Waals surface area contributed by atoms with Crippen LogP contribution in [0.3, 0.4) is 0 Å². The smallest absolute Gasteiger partial charge is 0.254 e. The minimum absolute atomic E-state index is 0.0294. The third-order valence-electron chi connectivity index (χ3n) is 6.42. The molecule has 3 heterocycles. The molecule has 0 saturated carbocycles. The first kappa shape index (κ1) is 27.1. The van der Waals surface area contributed by atoms with E-state index in [0.29, 0.717) is 41.3 Å². The summed E-state index contributed by atoms with van der Waals surface area (Å²) in [5, 5.41) is 13.2. The Labute approximate surface area is 225 Å². The number of methoxy groups -OCH3 is 1. The highest BCUT2D eigenvalue weighted by Crippen LogP contribution is 2.33. The number of nitrogens with zero attached hydrogens (tertiary/aromatic N) is 5. The van der Waals surface area contributed by atoms with Crippen molar-refractivity contribution in [3.63, 3.8) is 0 Å². The van der Waals surface area contributed by atoms with Gasteiger partial charge in [-0.25, -0.2) is 4.98 Å². The van der Waals surface area contributed by atoms with Crippen LogP contribution in [0.25, 0.3) is 0 Å². The molecular formula is C26H31N9O4. The molecule has 1 aliphatic heterocycles. The van der Waals surface area contributed by atoms with Crippen LogP contribution in [-0.4, -0.2) is 69.6 Å². The Morgan fingerprint density at radius 1 is 1.23 bits per heavy atom. The zero-order chi connectivity index (χ0) is 28.1. The monoisotopic (exact) mass is 533 g/mol. The fourth-order valence-corrected chi connectivity index (χ4v) is 4.42. The molecule has 1 aliphatic rings. The molecule has 13 nitrogen and oxygen atoms in total. The van der Waals surface area contributed by atoms with Crippen molar-refractivity contribution in [1.29, 1.82) is 0 Å². The van der Waals surface area contributed by atoms with Gasteiger partial charge in [-0.2, -0.15) is 10.1 Å². The van der Waals surface area contributed by atoms with E-state index in [9.17, 15) is 14.4 Å². The van der Waals surface area contributed by atoms with Gasteiger partial charge in [0.1, 0.15) is 17.1 Å². The number of nitrogens with two attached hydrogens (primary N) is 1. The van der Waals surface area contributed by atoms with Crippen LogP contribution < -0.4 is 26.4 Å². The molecule has 5 N–H and O–H groups in total. The number of carbonyl (C=O) groups is 3. The summed E-state index contributed by atoms with van der Waals surface area (Å²) in [6.07, 6.45) is 7.86. The second-order valence-electron chi connectivity index (χ2n) is 9.01. The second kappa shape index (κ2) is 11.6. The van der Waals surface area contributed by atoms with Crippen molar-refractivity contribution in [3.8, 4) is 5.75 Å².